The van der Waals surface area contributed by atoms with Crippen LogP contribution in [-0.2, 0) is 0 Å². The molecule has 0 aliphatic rings. The van der Waals surface area contributed by atoms with E-state index in [1.54, 1.807) is 0 Å². The molecule has 1 aromatic carbocycles. The lowest BCUT2D eigenvalue weighted by Crippen LogP contribution is -2.08. The zero-order chi connectivity index (χ0) is 8.10. The first-order chi connectivity index (χ1) is 5.34. The highest BCUT2D eigenvalue weighted by Crippen LogP contribution is 2.14. The standard InChI is InChI=1S/C9H11NS/c1-2-8-10(11)9-6-4-3-5-7-9/h2-7,11H,1,8H2. The van der Waals surface area contributed by atoms with Crippen molar-refractivity contribution in [1.29, 1.82) is 0 Å². The molecule has 0 aliphatic carbocycles. The number of para-hydroxylation sites is 1. The van der Waals surface area contributed by atoms with Crippen LogP contribution in [0.2, 0.25) is 0 Å². The fraction of sp³-hybridized carbons (Fsp3) is 0.111. The van der Waals surface area contributed by atoms with Crippen molar-refractivity contribution in [3.8, 4) is 0 Å². The van der Waals surface area contributed by atoms with Crippen LogP contribution in [0.25, 0.3) is 0 Å². The Balaban J connectivity index is 2.68. The molecule has 0 bridgehead atoms. The minimum Gasteiger partial charge on any atom is -0.315 e. The Morgan fingerprint density at radius 3 is 2.55 bits per heavy atom. The second-order valence-electron chi connectivity index (χ2n) is 2.21. The maximum Gasteiger partial charge on any atom is 0.0471 e. The molecule has 0 N–H and O–H groups in total. The molecule has 11 heavy (non-hydrogen) atoms. The quantitative estimate of drug-likeness (QED) is 0.532. The zero-order valence-electron chi connectivity index (χ0n) is 6.27. The minimum absolute atomic E-state index is 0.757. The summed E-state index contributed by atoms with van der Waals surface area (Å²) < 4.78 is 1.84. The summed E-state index contributed by atoms with van der Waals surface area (Å²) in [6, 6.07) is 9.98. The van der Waals surface area contributed by atoms with Crippen molar-refractivity contribution >= 4 is 18.5 Å². The highest BCUT2D eigenvalue weighted by molar-refractivity contribution is 7.81. The molecule has 0 radical (unpaired) electrons. The van der Waals surface area contributed by atoms with Gasteiger partial charge in [0.1, 0.15) is 0 Å². The van der Waals surface area contributed by atoms with E-state index in [1.165, 1.54) is 0 Å². The summed E-state index contributed by atoms with van der Waals surface area (Å²) in [6.45, 7) is 4.39. The van der Waals surface area contributed by atoms with Gasteiger partial charge in [-0.15, -0.1) is 6.58 Å². The van der Waals surface area contributed by atoms with Gasteiger partial charge in [0.05, 0.1) is 0 Å². The number of anilines is 1. The van der Waals surface area contributed by atoms with E-state index in [9.17, 15) is 0 Å². The number of benzene rings is 1. The largest absolute Gasteiger partial charge is 0.315 e. The van der Waals surface area contributed by atoms with E-state index in [-0.39, 0.29) is 0 Å². The van der Waals surface area contributed by atoms with Gasteiger partial charge in [0, 0.05) is 12.2 Å². The first kappa shape index (κ1) is 8.21. The van der Waals surface area contributed by atoms with E-state index >= 15 is 0 Å². The molecule has 0 fully saturated rings. The van der Waals surface area contributed by atoms with Gasteiger partial charge in [-0.2, -0.15) is 0 Å². The van der Waals surface area contributed by atoms with E-state index < -0.39 is 0 Å². The third kappa shape index (κ3) is 2.31. The number of rotatable bonds is 3. The Bertz CT molecular complexity index is 220. The van der Waals surface area contributed by atoms with Crippen LogP contribution in [0.15, 0.2) is 43.0 Å². The second kappa shape index (κ2) is 4.09. The molecule has 1 nitrogen and oxygen atoms in total. The molecule has 1 rings (SSSR count). The van der Waals surface area contributed by atoms with E-state index in [0.717, 1.165) is 12.2 Å². The number of nitrogens with zero attached hydrogens (tertiary/aromatic N) is 1. The summed E-state index contributed by atoms with van der Waals surface area (Å²) in [6.07, 6.45) is 1.82. The van der Waals surface area contributed by atoms with Crippen LogP contribution in [0.1, 0.15) is 0 Å². The van der Waals surface area contributed by atoms with Gasteiger partial charge in [0.25, 0.3) is 0 Å². The highest BCUT2D eigenvalue weighted by atomic mass is 32.1. The predicted octanol–water partition coefficient (Wildman–Crippen LogP) is 2.52. The smallest absolute Gasteiger partial charge is 0.0471 e. The monoisotopic (exact) mass is 165 g/mol. The van der Waals surface area contributed by atoms with Gasteiger partial charge in [-0.25, -0.2) is 0 Å². The van der Waals surface area contributed by atoms with Crippen molar-refractivity contribution in [2.24, 2.45) is 0 Å². The summed E-state index contributed by atoms with van der Waals surface area (Å²) in [5, 5.41) is 0. The van der Waals surface area contributed by atoms with Gasteiger partial charge in [-0.3, -0.25) is 0 Å². The molecule has 0 unspecified atom stereocenters. The molecule has 0 heterocycles. The highest BCUT2D eigenvalue weighted by Gasteiger charge is 1.95. The van der Waals surface area contributed by atoms with Gasteiger partial charge in [0.15, 0.2) is 0 Å². The summed E-state index contributed by atoms with van der Waals surface area (Å²) in [5.41, 5.74) is 1.09. The maximum atomic E-state index is 4.26. The predicted molar refractivity (Wildman–Crippen MR) is 53.0 cm³/mol. The van der Waals surface area contributed by atoms with Gasteiger partial charge < -0.3 is 4.31 Å². The van der Waals surface area contributed by atoms with Crippen molar-refractivity contribution in [2.75, 3.05) is 10.8 Å². The SMILES string of the molecule is C=CCN(S)c1ccccc1. The maximum absolute atomic E-state index is 4.26. The van der Waals surface area contributed by atoms with Crippen LogP contribution < -0.4 is 4.31 Å². The minimum atomic E-state index is 0.757. The van der Waals surface area contributed by atoms with Gasteiger partial charge in [-0.05, 0) is 12.1 Å². The van der Waals surface area contributed by atoms with Crippen molar-refractivity contribution in [3.63, 3.8) is 0 Å². The lowest BCUT2D eigenvalue weighted by molar-refractivity contribution is 1.22. The molecule has 0 saturated heterocycles. The normalized spacial score (nSPS) is 9.18. The number of thiol groups is 1. The molecule has 0 amide bonds. The number of hydrogen-bond donors (Lipinski definition) is 1. The van der Waals surface area contributed by atoms with Crippen molar-refractivity contribution in [3.05, 3.63) is 43.0 Å². The third-order valence-corrected chi connectivity index (χ3v) is 1.75. The molecule has 0 aliphatic heterocycles. The van der Waals surface area contributed by atoms with Crippen molar-refractivity contribution in [2.45, 2.75) is 0 Å². The first-order valence-corrected chi connectivity index (χ1v) is 3.87. The van der Waals surface area contributed by atoms with Gasteiger partial charge in [0.2, 0.25) is 0 Å². The average Bonchev–Trinajstić information content (AvgIpc) is 2.07. The Kier molecular flexibility index (Phi) is 3.05. The lowest BCUT2D eigenvalue weighted by atomic mass is 10.3. The van der Waals surface area contributed by atoms with Crippen LogP contribution >= 0.6 is 12.8 Å². The van der Waals surface area contributed by atoms with E-state index in [1.807, 2.05) is 40.7 Å². The van der Waals surface area contributed by atoms with Crippen LogP contribution in [0.5, 0.6) is 0 Å². The summed E-state index contributed by atoms with van der Waals surface area (Å²) >= 11 is 4.26. The fourth-order valence-corrected chi connectivity index (χ4v) is 1.08. The Morgan fingerprint density at radius 1 is 1.36 bits per heavy atom. The van der Waals surface area contributed by atoms with E-state index in [4.69, 9.17) is 0 Å². The molecule has 1 aromatic rings. The Labute approximate surface area is 72.9 Å². The molecule has 0 spiro atoms. The molecule has 58 valence electrons. The fourth-order valence-electron chi connectivity index (χ4n) is 0.828. The van der Waals surface area contributed by atoms with Crippen LogP contribution in [0.4, 0.5) is 5.69 Å². The summed E-state index contributed by atoms with van der Waals surface area (Å²) in [5.74, 6) is 0. The molecular formula is C9H11NS. The average molecular weight is 165 g/mol. The summed E-state index contributed by atoms with van der Waals surface area (Å²) in [4.78, 5) is 0. The van der Waals surface area contributed by atoms with Crippen LogP contribution in [0.3, 0.4) is 0 Å². The lowest BCUT2D eigenvalue weighted by Gasteiger charge is -2.14. The second-order valence-corrected chi connectivity index (χ2v) is 2.69. The topological polar surface area (TPSA) is 3.24 Å². The Hall–Kier alpha value is -0.890. The van der Waals surface area contributed by atoms with Crippen LogP contribution in [0, 0.1) is 0 Å². The van der Waals surface area contributed by atoms with E-state index in [2.05, 4.69) is 19.4 Å². The van der Waals surface area contributed by atoms with Crippen molar-refractivity contribution < 1.29 is 0 Å². The molecule has 0 atom stereocenters. The van der Waals surface area contributed by atoms with Gasteiger partial charge >= 0.3 is 0 Å². The molecule has 0 aromatic heterocycles. The first-order valence-electron chi connectivity index (χ1n) is 3.47. The number of hydrogen-bond acceptors (Lipinski definition) is 2. The van der Waals surface area contributed by atoms with E-state index in [0.29, 0.717) is 0 Å². The Morgan fingerprint density at radius 2 is 2.00 bits per heavy atom. The molecule has 2 heteroatoms. The summed E-state index contributed by atoms with van der Waals surface area (Å²) in [7, 11) is 0. The van der Waals surface area contributed by atoms with Crippen molar-refractivity contribution in [1.82, 2.24) is 0 Å². The molecular weight excluding hydrogens is 154 g/mol. The zero-order valence-corrected chi connectivity index (χ0v) is 7.17. The third-order valence-electron chi connectivity index (χ3n) is 1.36. The van der Waals surface area contributed by atoms with Gasteiger partial charge in [-0.1, -0.05) is 37.1 Å². The molecule has 0 saturated carbocycles. The van der Waals surface area contributed by atoms with Crippen LogP contribution in [-0.4, -0.2) is 6.54 Å².